The van der Waals surface area contributed by atoms with Crippen LogP contribution in [0.1, 0.15) is 39.0 Å². The maximum absolute atomic E-state index is 10.8. The van der Waals surface area contributed by atoms with Crippen molar-refractivity contribution in [1.29, 1.82) is 0 Å². The SMILES string of the molecule is CC1CCCC(CCNc2cc([N+](=O)[O-])cc(N)n2)C1. The molecule has 1 heterocycles. The van der Waals surface area contributed by atoms with Crippen molar-refractivity contribution < 1.29 is 4.92 Å². The third kappa shape index (κ3) is 4.08. The van der Waals surface area contributed by atoms with E-state index in [1.165, 1.54) is 37.8 Å². The lowest BCUT2D eigenvalue weighted by Gasteiger charge is -2.26. The number of rotatable bonds is 5. The van der Waals surface area contributed by atoms with Crippen LogP contribution in [0.25, 0.3) is 0 Å². The molecule has 110 valence electrons. The van der Waals surface area contributed by atoms with E-state index in [1.807, 2.05) is 0 Å². The predicted octanol–water partition coefficient (Wildman–Crippen LogP) is 3.20. The Morgan fingerprint density at radius 2 is 2.30 bits per heavy atom. The van der Waals surface area contributed by atoms with Gasteiger partial charge in [0.2, 0.25) is 0 Å². The Morgan fingerprint density at radius 1 is 1.50 bits per heavy atom. The van der Waals surface area contributed by atoms with Gasteiger partial charge in [0.25, 0.3) is 5.69 Å². The molecule has 0 radical (unpaired) electrons. The van der Waals surface area contributed by atoms with E-state index in [0.717, 1.165) is 24.8 Å². The molecule has 1 aromatic heterocycles. The number of nitrogens with two attached hydrogens (primary N) is 1. The van der Waals surface area contributed by atoms with Crippen molar-refractivity contribution in [3.8, 4) is 0 Å². The van der Waals surface area contributed by atoms with Crippen molar-refractivity contribution >= 4 is 17.3 Å². The topological polar surface area (TPSA) is 94.1 Å². The summed E-state index contributed by atoms with van der Waals surface area (Å²) in [7, 11) is 0. The second-order valence-electron chi connectivity index (χ2n) is 5.75. The van der Waals surface area contributed by atoms with Gasteiger partial charge in [0.05, 0.1) is 17.1 Å². The molecule has 0 saturated heterocycles. The average molecular weight is 278 g/mol. The lowest BCUT2D eigenvalue weighted by atomic mass is 9.81. The molecule has 6 nitrogen and oxygen atoms in total. The van der Waals surface area contributed by atoms with E-state index in [0.29, 0.717) is 5.82 Å². The molecule has 1 aliphatic carbocycles. The zero-order valence-corrected chi connectivity index (χ0v) is 11.8. The molecule has 2 unspecified atom stereocenters. The Hall–Kier alpha value is -1.85. The quantitative estimate of drug-likeness (QED) is 0.637. The van der Waals surface area contributed by atoms with Crippen molar-refractivity contribution in [2.45, 2.75) is 39.0 Å². The van der Waals surface area contributed by atoms with E-state index < -0.39 is 4.92 Å². The van der Waals surface area contributed by atoms with Gasteiger partial charge in [0.1, 0.15) is 11.6 Å². The van der Waals surface area contributed by atoms with Gasteiger partial charge in [-0.05, 0) is 24.7 Å². The fraction of sp³-hybridized carbons (Fsp3) is 0.643. The van der Waals surface area contributed by atoms with E-state index in [2.05, 4.69) is 17.2 Å². The summed E-state index contributed by atoms with van der Waals surface area (Å²) in [4.78, 5) is 14.4. The average Bonchev–Trinajstić information content (AvgIpc) is 2.38. The highest BCUT2D eigenvalue weighted by Crippen LogP contribution is 2.30. The Bertz CT molecular complexity index is 478. The second kappa shape index (κ2) is 6.54. The first-order valence-corrected chi connectivity index (χ1v) is 7.20. The Morgan fingerprint density at radius 3 is 3.00 bits per heavy atom. The maximum Gasteiger partial charge on any atom is 0.276 e. The molecule has 1 aliphatic rings. The predicted molar refractivity (Wildman–Crippen MR) is 79.5 cm³/mol. The molecule has 0 aromatic carbocycles. The van der Waals surface area contributed by atoms with Crippen LogP contribution in [0.15, 0.2) is 12.1 Å². The number of pyridine rings is 1. The summed E-state index contributed by atoms with van der Waals surface area (Å²) in [6.45, 7) is 3.09. The van der Waals surface area contributed by atoms with Crippen LogP contribution in [0, 0.1) is 22.0 Å². The van der Waals surface area contributed by atoms with Crippen LogP contribution in [0.5, 0.6) is 0 Å². The Kier molecular flexibility index (Phi) is 4.76. The number of aromatic nitrogens is 1. The Labute approximate surface area is 118 Å². The van der Waals surface area contributed by atoms with Crippen molar-refractivity contribution in [3.05, 3.63) is 22.2 Å². The second-order valence-corrected chi connectivity index (χ2v) is 5.75. The standard InChI is InChI=1S/C14H22N4O2/c1-10-3-2-4-11(7-10)5-6-16-14-9-12(18(19)20)8-13(15)17-14/h8-11H,2-7H2,1H3,(H3,15,16,17). The summed E-state index contributed by atoms with van der Waals surface area (Å²) < 4.78 is 0. The monoisotopic (exact) mass is 278 g/mol. The summed E-state index contributed by atoms with van der Waals surface area (Å²) in [6.07, 6.45) is 6.30. The number of nitrogen functional groups attached to an aromatic ring is 1. The molecular weight excluding hydrogens is 256 g/mol. The van der Waals surface area contributed by atoms with Crippen LogP contribution in [0.4, 0.5) is 17.3 Å². The molecule has 1 saturated carbocycles. The Balaban J connectivity index is 1.86. The lowest BCUT2D eigenvalue weighted by molar-refractivity contribution is -0.384. The first kappa shape index (κ1) is 14.6. The molecule has 1 fully saturated rings. The normalized spacial score (nSPS) is 22.4. The maximum atomic E-state index is 10.8. The van der Waals surface area contributed by atoms with Gasteiger partial charge in [-0.15, -0.1) is 0 Å². The van der Waals surface area contributed by atoms with Gasteiger partial charge >= 0.3 is 0 Å². The first-order valence-electron chi connectivity index (χ1n) is 7.20. The number of anilines is 2. The van der Waals surface area contributed by atoms with Gasteiger partial charge in [0, 0.05) is 6.54 Å². The number of nitro groups is 1. The van der Waals surface area contributed by atoms with Gasteiger partial charge in [-0.1, -0.05) is 26.2 Å². The third-order valence-corrected chi connectivity index (χ3v) is 3.94. The number of nitrogens with zero attached hydrogens (tertiary/aromatic N) is 2. The number of hydrogen-bond donors (Lipinski definition) is 2. The zero-order valence-electron chi connectivity index (χ0n) is 11.8. The molecule has 0 bridgehead atoms. The van der Waals surface area contributed by atoms with Crippen molar-refractivity contribution in [1.82, 2.24) is 4.98 Å². The third-order valence-electron chi connectivity index (χ3n) is 3.94. The molecule has 20 heavy (non-hydrogen) atoms. The van der Waals surface area contributed by atoms with Gasteiger partial charge < -0.3 is 11.1 Å². The van der Waals surface area contributed by atoms with Crippen LogP contribution in [-0.4, -0.2) is 16.5 Å². The highest BCUT2D eigenvalue weighted by molar-refractivity contribution is 5.52. The van der Waals surface area contributed by atoms with E-state index in [-0.39, 0.29) is 11.5 Å². The molecule has 0 amide bonds. The van der Waals surface area contributed by atoms with Crippen LogP contribution in [-0.2, 0) is 0 Å². The summed E-state index contributed by atoms with van der Waals surface area (Å²) in [5, 5.41) is 13.9. The smallest absolute Gasteiger partial charge is 0.276 e. The molecule has 3 N–H and O–H groups in total. The molecule has 1 aromatic rings. The largest absolute Gasteiger partial charge is 0.383 e. The lowest BCUT2D eigenvalue weighted by Crippen LogP contribution is -2.17. The number of nitrogens with one attached hydrogen (secondary N) is 1. The summed E-state index contributed by atoms with van der Waals surface area (Å²) in [5.41, 5.74) is 5.55. The van der Waals surface area contributed by atoms with Gasteiger partial charge in [-0.2, -0.15) is 0 Å². The van der Waals surface area contributed by atoms with Crippen LogP contribution in [0.3, 0.4) is 0 Å². The molecular formula is C14H22N4O2. The molecule has 0 spiro atoms. The summed E-state index contributed by atoms with van der Waals surface area (Å²) in [6, 6.07) is 2.70. The zero-order chi connectivity index (χ0) is 14.5. The van der Waals surface area contributed by atoms with Crippen LogP contribution >= 0.6 is 0 Å². The highest BCUT2D eigenvalue weighted by atomic mass is 16.6. The van der Waals surface area contributed by atoms with Gasteiger partial charge in [0.15, 0.2) is 0 Å². The van der Waals surface area contributed by atoms with Gasteiger partial charge in [-0.25, -0.2) is 4.98 Å². The van der Waals surface area contributed by atoms with E-state index in [9.17, 15) is 10.1 Å². The molecule has 0 aliphatic heterocycles. The van der Waals surface area contributed by atoms with Gasteiger partial charge in [-0.3, -0.25) is 10.1 Å². The van der Waals surface area contributed by atoms with Crippen molar-refractivity contribution in [2.75, 3.05) is 17.6 Å². The summed E-state index contributed by atoms with van der Waals surface area (Å²) >= 11 is 0. The molecule has 2 rings (SSSR count). The van der Waals surface area contributed by atoms with Crippen LogP contribution < -0.4 is 11.1 Å². The fourth-order valence-corrected chi connectivity index (χ4v) is 2.96. The number of hydrogen-bond acceptors (Lipinski definition) is 5. The van der Waals surface area contributed by atoms with Crippen LogP contribution in [0.2, 0.25) is 0 Å². The van der Waals surface area contributed by atoms with Crippen molar-refractivity contribution in [2.24, 2.45) is 11.8 Å². The minimum absolute atomic E-state index is 0.0220. The minimum Gasteiger partial charge on any atom is -0.383 e. The summed E-state index contributed by atoms with van der Waals surface area (Å²) in [5.74, 6) is 2.23. The molecule has 6 heteroatoms. The van der Waals surface area contributed by atoms with Crippen molar-refractivity contribution in [3.63, 3.8) is 0 Å². The molecule has 2 atom stereocenters. The first-order chi connectivity index (χ1) is 9.54. The van der Waals surface area contributed by atoms with E-state index >= 15 is 0 Å². The fourth-order valence-electron chi connectivity index (χ4n) is 2.96. The van der Waals surface area contributed by atoms with E-state index in [4.69, 9.17) is 5.73 Å². The van der Waals surface area contributed by atoms with E-state index in [1.54, 1.807) is 0 Å². The minimum atomic E-state index is -0.452. The highest BCUT2D eigenvalue weighted by Gasteiger charge is 2.18.